The minimum absolute atomic E-state index is 0.154. The number of hydrogen-bond acceptors (Lipinski definition) is 4. The van der Waals surface area contributed by atoms with Crippen LogP contribution in [-0.4, -0.2) is 22.4 Å². The molecular formula is C20H16Cl2N4O. The molecule has 0 saturated carbocycles. The SMILES string of the molecule is Cc1nc(Nc2c(Cl)cccc2Cl)cc(C(=O)N2CCc3ccccc32)n1. The zero-order valence-corrected chi connectivity index (χ0v) is 16.1. The normalized spacial score (nSPS) is 12.8. The molecule has 0 fully saturated rings. The van der Waals surface area contributed by atoms with Gasteiger partial charge in [0.2, 0.25) is 0 Å². The van der Waals surface area contributed by atoms with Crippen LogP contribution in [0.25, 0.3) is 0 Å². The van der Waals surface area contributed by atoms with Gasteiger partial charge in [-0.05, 0) is 37.1 Å². The fourth-order valence-electron chi connectivity index (χ4n) is 3.17. The molecule has 0 bridgehead atoms. The predicted molar refractivity (Wildman–Crippen MR) is 108 cm³/mol. The molecule has 7 heteroatoms. The molecule has 2 heterocycles. The molecular weight excluding hydrogens is 383 g/mol. The number of carbonyl (C=O) groups excluding carboxylic acids is 1. The van der Waals surface area contributed by atoms with Crippen molar-refractivity contribution in [3.8, 4) is 0 Å². The summed E-state index contributed by atoms with van der Waals surface area (Å²) >= 11 is 12.4. The van der Waals surface area contributed by atoms with E-state index in [9.17, 15) is 4.79 Å². The van der Waals surface area contributed by atoms with Crippen LogP contribution in [0, 0.1) is 6.92 Å². The van der Waals surface area contributed by atoms with Gasteiger partial charge in [-0.15, -0.1) is 0 Å². The summed E-state index contributed by atoms with van der Waals surface area (Å²) in [6.07, 6.45) is 0.840. The summed E-state index contributed by atoms with van der Waals surface area (Å²) in [7, 11) is 0. The molecule has 0 unspecified atom stereocenters. The predicted octanol–water partition coefficient (Wildman–Crippen LogP) is 5.04. The number of aromatic nitrogens is 2. The molecule has 0 atom stereocenters. The van der Waals surface area contributed by atoms with Crippen LogP contribution in [0.5, 0.6) is 0 Å². The quantitative estimate of drug-likeness (QED) is 0.671. The topological polar surface area (TPSA) is 58.1 Å². The number of amides is 1. The van der Waals surface area contributed by atoms with E-state index in [2.05, 4.69) is 15.3 Å². The molecule has 0 spiro atoms. The van der Waals surface area contributed by atoms with Crippen LogP contribution in [0.4, 0.5) is 17.2 Å². The summed E-state index contributed by atoms with van der Waals surface area (Å²) in [5, 5.41) is 4.05. The minimum Gasteiger partial charge on any atom is -0.338 e. The maximum atomic E-state index is 13.1. The van der Waals surface area contributed by atoms with Crippen LogP contribution in [0.15, 0.2) is 48.5 Å². The van der Waals surface area contributed by atoms with Gasteiger partial charge < -0.3 is 10.2 Å². The Morgan fingerprint density at radius 1 is 1.07 bits per heavy atom. The number of halogens is 2. The summed E-state index contributed by atoms with van der Waals surface area (Å²) < 4.78 is 0. The van der Waals surface area contributed by atoms with Crippen molar-refractivity contribution in [2.24, 2.45) is 0 Å². The molecule has 136 valence electrons. The lowest BCUT2D eigenvalue weighted by molar-refractivity contribution is 0.0984. The van der Waals surface area contributed by atoms with Gasteiger partial charge in [0.15, 0.2) is 0 Å². The molecule has 1 amide bonds. The lowest BCUT2D eigenvalue weighted by atomic mass is 10.2. The Labute approximate surface area is 167 Å². The van der Waals surface area contributed by atoms with E-state index in [0.29, 0.717) is 39.6 Å². The average molecular weight is 399 g/mol. The Balaban J connectivity index is 1.66. The molecule has 0 saturated heterocycles. The molecule has 1 N–H and O–H groups in total. The number of anilines is 3. The van der Waals surface area contributed by atoms with Gasteiger partial charge >= 0.3 is 0 Å². The van der Waals surface area contributed by atoms with Crippen LogP contribution >= 0.6 is 23.2 Å². The van der Waals surface area contributed by atoms with Gasteiger partial charge in [0.25, 0.3) is 5.91 Å². The lowest BCUT2D eigenvalue weighted by Crippen LogP contribution is -2.30. The zero-order valence-electron chi connectivity index (χ0n) is 14.5. The van der Waals surface area contributed by atoms with Crippen molar-refractivity contribution in [2.75, 3.05) is 16.8 Å². The number of nitrogens with one attached hydrogen (secondary N) is 1. The van der Waals surface area contributed by atoms with Crippen molar-refractivity contribution in [3.63, 3.8) is 0 Å². The van der Waals surface area contributed by atoms with Crippen LogP contribution < -0.4 is 10.2 Å². The molecule has 27 heavy (non-hydrogen) atoms. The Bertz CT molecular complexity index is 1020. The second-order valence-electron chi connectivity index (χ2n) is 6.24. The van der Waals surface area contributed by atoms with Crippen LogP contribution in [-0.2, 0) is 6.42 Å². The first kappa shape index (κ1) is 17.8. The highest BCUT2D eigenvalue weighted by molar-refractivity contribution is 6.39. The smallest absolute Gasteiger partial charge is 0.277 e. The number of fused-ring (bicyclic) bond motifs is 1. The monoisotopic (exact) mass is 398 g/mol. The number of nitrogens with zero attached hydrogens (tertiary/aromatic N) is 3. The summed E-state index contributed by atoms with van der Waals surface area (Å²) in [5.41, 5.74) is 2.97. The third-order valence-corrected chi connectivity index (χ3v) is 5.04. The third kappa shape index (κ3) is 3.48. The highest BCUT2D eigenvalue weighted by Crippen LogP contribution is 2.33. The van der Waals surface area contributed by atoms with E-state index < -0.39 is 0 Å². The maximum Gasteiger partial charge on any atom is 0.277 e. The minimum atomic E-state index is -0.154. The van der Waals surface area contributed by atoms with E-state index >= 15 is 0 Å². The molecule has 1 aliphatic heterocycles. The Hall–Kier alpha value is -2.63. The number of rotatable bonds is 3. The number of para-hydroxylation sites is 2. The molecule has 2 aromatic carbocycles. The number of benzene rings is 2. The second kappa shape index (κ2) is 7.18. The van der Waals surface area contributed by atoms with E-state index in [4.69, 9.17) is 23.2 Å². The van der Waals surface area contributed by atoms with Gasteiger partial charge in [0.05, 0.1) is 15.7 Å². The summed E-state index contributed by atoms with van der Waals surface area (Å²) in [6.45, 7) is 2.38. The second-order valence-corrected chi connectivity index (χ2v) is 7.06. The molecule has 1 aliphatic rings. The largest absolute Gasteiger partial charge is 0.338 e. The fraction of sp³-hybridized carbons (Fsp3) is 0.150. The fourth-order valence-corrected chi connectivity index (χ4v) is 3.67. The van der Waals surface area contributed by atoms with Crippen LogP contribution in [0.3, 0.4) is 0 Å². The first-order valence-corrected chi connectivity index (χ1v) is 9.25. The van der Waals surface area contributed by atoms with Crippen molar-refractivity contribution >= 4 is 46.3 Å². The van der Waals surface area contributed by atoms with E-state index in [1.54, 1.807) is 36.1 Å². The lowest BCUT2D eigenvalue weighted by Gasteiger charge is -2.17. The van der Waals surface area contributed by atoms with E-state index in [1.807, 2.05) is 24.3 Å². The molecule has 1 aromatic heterocycles. The Morgan fingerprint density at radius 3 is 2.59 bits per heavy atom. The van der Waals surface area contributed by atoms with Gasteiger partial charge in [-0.2, -0.15) is 0 Å². The number of carbonyl (C=O) groups is 1. The highest BCUT2D eigenvalue weighted by atomic mass is 35.5. The van der Waals surface area contributed by atoms with Crippen LogP contribution in [0.2, 0.25) is 10.0 Å². The summed E-state index contributed by atoms with van der Waals surface area (Å²) in [4.78, 5) is 23.5. The summed E-state index contributed by atoms with van der Waals surface area (Å²) in [6, 6.07) is 14.8. The van der Waals surface area contributed by atoms with Gasteiger partial charge in [0, 0.05) is 18.3 Å². The highest BCUT2D eigenvalue weighted by Gasteiger charge is 2.26. The number of aryl methyl sites for hydroxylation is 1. The van der Waals surface area contributed by atoms with Crippen molar-refractivity contribution < 1.29 is 4.79 Å². The van der Waals surface area contributed by atoms with Gasteiger partial charge in [0.1, 0.15) is 17.3 Å². The molecule has 0 aliphatic carbocycles. The molecule has 4 rings (SSSR count). The van der Waals surface area contributed by atoms with Gasteiger partial charge in [-0.25, -0.2) is 9.97 Å². The third-order valence-electron chi connectivity index (χ3n) is 4.41. The van der Waals surface area contributed by atoms with Crippen molar-refractivity contribution in [1.82, 2.24) is 9.97 Å². The molecule has 0 radical (unpaired) electrons. The summed E-state index contributed by atoms with van der Waals surface area (Å²) in [5.74, 6) is 0.797. The number of hydrogen-bond donors (Lipinski definition) is 1. The Kier molecular flexibility index (Phi) is 4.72. The van der Waals surface area contributed by atoms with Gasteiger partial charge in [-0.3, -0.25) is 4.79 Å². The van der Waals surface area contributed by atoms with E-state index in [-0.39, 0.29) is 5.91 Å². The van der Waals surface area contributed by atoms with Crippen LogP contribution in [0.1, 0.15) is 21.9 Å². The van der Waals surface area contributed by atoms with Crippen molar-refractivity contribution in [1.29, 1.82) is 0 Å². The van der Waals surface area contributed by atoms with E-state index in [1.165, 1.54) is 0 Å². The standard InChI is InChI=1S/C20H16Cl2N4O/c1-12-23-16(20(27)26-10-9-13-5-2-3-8-17(13)26)11-18(24-12)25-19-14(21)6-4-7-15(19)22/h2-8,11H,9-10H2,1H3,(H,23,24,25). The Morgan fingerprint density at radius 2 is 1.81 bits per heavy atom. The molecule has 5 nitrogen and oxygen atoms in total. The zero-order chi connectivity index (χ0) is 19.0. The van der Waals surface area contributed by atoms with Gasteiger partial charge in [-0.1, -0.05) is 47.5 Å². The van der Waals surface area contributed by atoms with Crippen molar-refractivity contribution in [2.45, 2.75) is 13.3 Å². The van der Waals surface area contributed by atoms with Crippen molar-refractivity contribution in [3.05, 3.63) is 75.7 Å². The first-order valence-electron chi connectivity index (χ1n) is 8.49. The maximum absolute atomic E-state index is 13.1. The van der Waals surface area contributed by atoms with E-state index in [0.717, 1.165) is 17.7 Å². The average Bonchev–Trinajstić information content (AvgIpc) is 3.08. The first-order chi connectivity index (χ1) is 13.0. The molecule has 3 aromatic rings.